The van der Waals surface area contributed by atoms with Crippen molar-refractivity contribution >= 4 is 39.7 Å². The first-order valence-corrected chi connectivity index (χ1v) is 23.6. The van der Waals surface area contributed by atoms with E-state index in [1.54, 1.807) is 26.0 Å². The highest BCUT2D eigenvalue weighted by Gasteiger charge is 2.44. The maximum absolute atomic E-state index is 14.1. The van der Waals surface area contributed by atoms with Crippen LogP contribution in [0, 0.1) is 17.3 Å². The molecule has 6 atom stereocenters. The van der Waals surface area contributed by atoms with Gasteiger partial charge in [0.15, 0.2) is 6.29 Å². The highest BCUT2D eigenvalue weighted by molar-refractivity contribution is 7.89. The Kier molecular flexibility index (Phi) is 18.1. The molecule has 0 aromatic heterocycles. The second-order valence-electron chi connectivity index (χ2n) is 17.7. The number of aliphatic hydroxyl groups excluding tert-OH is 1. The molecule has 16 nitrogen and oxygen atoms in total. The number of alkyl carbamates (subject to hydrolysis) is 1. The molecule has 2 N–H and O–H groups in total. The number of hydrogen-bond donors (Lipinski definition) is 2. The minimum atomic E-state index is -4.13. The predicted octanol–water partition coefficient (Wildman–Crippen LogP) is 4.94. The summed E-state index contributed by atoms with van der Waals surface area (Å²) in [6.45, 7) is 9.80. The largest absolute Gasteiger partial charge is 0.464 e. The van der Waals surface area contributed by atoms with Gasteiger partial charge in [0.2, 0.25) is 15.8 Å². The number of nitrogens with zero attached hydrogens (tertiary/aromatic N) is 2. The number of aliphatic hydroxyl groups is 1. The number of nitrogens with one attached hydrogen (secondary N) is 1. The van der Waals surface area contributed by atoms with Gasteiger partial charge in [-0.25, -0.2) is 18.0 Å². The molecule has 348 valence electrons. The Morgan fingerprint density at radius 3 is 2.37 bits per heavy atom. The normalized spacial score (nSPS) is 21.1. The first-order chi connectivity index (χ1) is 30.0. The van der Waals surface area contributed by atoms with Crippen molar-refractivity contribution in [2.24, 2.45) is 17.3 Å². The average Bonchev–Trinajstić information content (AvgIpc) is 3.90. The van der Waals surface area contributed by atoms with E-state index in [0.29, 0.717) is 57.2 Å². The van der Waals surface area contributed by atoms with Gasteiger partial charge in [-0.15, -0.1) is 0 Å². The molecule has 3 fully saturated rings. The zero-order valence-electron chi connectivity index (χ0n) is 37.2. The van der Waals surface area contributed by atoms with Gasteiger partial charge in [-0.3, -0.25) is 14.4 Å². The van der Waals surface area contributed by atoms with Crippen molar-refractivity contribution in [3.63, 3.8) is 0 Å². The number of ether oxygens (including phenoxy) is 5. The summed E-state index contributed by atoms with van der Waals surface area (Å²) in [6.07, 6.45) is 1.15. The fraction of sp³-hybridized carbons (Fsp3) is 0.630. The lowest BCUT2D eigenvalue weighted by molar-refractivity contribution is -0.161. The third kappa shape index (κ3) is 13.8. The third-order valence-corrected chi connectivity index (χ3v) is 13.8. The lowest BCUT2D eigenvalue weighted by Crippen LogP contribution is -2.53. The number of carbonyl (C=O) groups is 5. The molecule has 0 spiro atoms. The van der Waals surface area contributed by atoms with E-state index in [2.05, 4.69) is 5.32 Å². The molecular weight excluding hydrogens is 835 g/mol. The summed E-state index contributed by atoms with van der Waals surface area (Å²) in [5, 5.41) is 14.4. The van der Waals surface area contributed by atoms with Gasteiger partial charge in [0.05, 0.1) is 42.8 Å². The molecule has 5 rings (SSSR count). The smallest absolute Gasteiger partial charge is 0.407 e. The Balaban J connectivity index is 1.10. The molecular formula is C46H65N3O13S. The average molecular weight is 900 g/mol. The molecule has 3 aliphatic rings. The number of sulfonamides is 1. The number of esters is 2. The van der Waals surface area contributed by atoms with Crippen LogP contribution in [0.2, 0.25) is 0 Å². The summed E-state index contributed by atoms with van der Waals surface area (Å²) in [6, 6.07) is 13.5. The zero-order valence-corrected chi connectivity index (χ0v) is 38.0. The van der Waals surface area contributed by atoms with E-state index in [-0.39, 0.29) is 62.5 Å². The molecule has 3 aliphatic heterocycles. The molecule has 0 aliphatic carbocycles. The van der Waals surface area contributed by atoms with Crippen LogP contribution in [0.4, 0.5) is 4.79 Å². The summed E-state index contributed by atoms with van der Waals surface area (Å²) < 4.78 is 57.1. The van der Waals surface area contributed by atoms with Crippen molar-refractivity contribution in [3.05, 3.63) is 65.7 Å². The van der Waals surface area contributed by atoms with Crippen LogP contribution >= 0.6 is 0 Å². The molecule has 0 saturated carbocycles. The maximum Gasteiger partial charge on any atom is 0.407 e. The van der Waals surface area contributed by atoms with Gasteiger partial charge in [-0.05, 0) is 80.5 Å². The minimum absolute atomic E-state index is 0.0152. The first kappa shape index (κ1) is 49.6. The highest BCUT2D eigenvalue weighted by Crippen LogP contribution is 2.33. The highest BCUT2D eigenvalue weighted by atomic mass is 32.2. The molecule has 1 unspecified atom stereocenters. The van der Waals surface area contributed by atoms with Gasteiger partial charge in [0.25, 0.3) is 5.91 Å². The van der Waals surface area contributed by atoms with Gasteiger partial charge in [0.1, 0.15) is 18.8 Å². The monoisotopic (exact) mass is 899 g/mol. The second kappa shape index (κ2) is 23.0. The SMILES string of the molecule is CCC(C)(C)C(=O)C(=O)N1CCCC[C@@H]1C(=O)OCCCCC(=O)OCc1ccc(S(=O)(=O)N(CC(C)C)C[C@@H](O)C(Cc2ccccc2)NC(=O)O[C@H]2CO[C@H]3OCC[C@H]32)cc1. The van der Waals surface area contributed by atoms with E-state index in [1.165, 1.54) is 21.3 Å². The number of unbranched alkanes of at least 4 members (excludes halogenated alkanes) is 1. The minimum Gasteiger partial charge on any atom is -0.464 e. The van der Waals surface area contributed by atoms with Crippen LogP contribution in [0.5, 0.6) is 0 Å². The zero-order chi connectivity index (χ0) is 45.7. The number of benzene rings is 2. The number of Topliss-reactive ketones (excluding diaryl/α,β-unsaturated/α-hetero) is 1. The van der Waals surface area contributed by atoms with Crippen molar-refractivity contribution in [2.45, 2.75) is 134 Å². The summed E-state index contributed by atoms with van der Waals surface area (Å²) in [5.74, 6) is -2.38. The fourth-order valence-corrected chi connectivity index (χ4v) is 9.44. The van der Waals surface area contributed by atoms with Gasteiger partial charge >= 0.3 is 18.0 Å². The molecule has 0 radical (unpaired) electrons. The van der Waals surface area contributed by atoms with E-state index < -0.39 is 75.7 Å². The van der Waals surface area contributed by atoms with Crippen LogP contribution in [0.25, 0.3) is 0 Å². The third-order valence-electron chi connectivity index (χ3n) is 12.0. The summed E-state index contributed by atoms with van der Waals surface area (Å²) in [7, 11) is -4.13. The number of piperidine rings is 1. The standard InChI is InChI=1S/C46H65N3O13S/c1-6-46(4,5)41(52)42(53)49-23-12-10-16-37(49)43(54)58-24-13-11-17-40(51)60-29-33-18-20-34(21-19-33)63(56,57)48(27-31(2)3)28-38(50)36(26-32-14-8-7-9-15-32)47-45(55)62-39-30-61-44-35(39)22-25-59-44/h7-9,14-15,18-21,31,35-39,44,50H,6,10-13,16-17,22-30H2,1-5H3,(H,47,55)/t35-,36?,37+,38+,39-,44+/m0/s1. The number of fused-ring (bicyclic) bond motifs is 1. The molecule has 3 saturated heterocycles. The van der Waals surface area contributed by atoms with Gasteiger partial charge < -0.3 is 39.0 Å². The number of ketones is 1. The Hall–Kier alpha value is -4.42. The van der Waals surface area contributed by atoms with Gasteiger partial charge in [-0.1, -0.05) is 77.1 Å². The second-order valence-corrected chi connectivity index (χ2v) is 19.6. The summed E-state index contributed by atoms with van der Waals surface area (Å²) >= 11 is 0. The summed E-state index contributed by atoms with van der Waals surface area (Å²) in [5.41, 5.74) is 0.570. The molecule has 63 heavy (non-hydrogen) atoms. The first-order valence-electron chi connectivity index (χ1n) is 22.2. The molecule has 17 heteroatoms. The van der Waals surface area contributed by atoms with Crippen molar-refractivity contribution in [2.75, 3.05) is 39.5 Å². The Morgan fingerprint density at radius 2 is 1.67 bits per heavy atom. The molecule has 2 amide bonds. The molecule has 0 bridgehead atoms. The lowest BCUT2D eigenvalue weighted by atomic mass is 9.84. The Bertz CT molecular complexity index is 1960. The van der Waals surface area contributed by atoms with Crippen LogP contribution in [0.3, 0.4) is 0 Å². The number of amides is 2. The quantitative estimate of drug-likeness (QED) is 0.0697. The number of likely N-dealkylation sites (tertiary alicyclic amines) is 1. The van der Waals surface area contributed by atoms with Crippen molar-refractivity contribution in [3.8, 4) is 0 Å². The van der Waals surface area contributed by atoms with E-state index in [1.807, 2.05) is 51.1 Å². The Morgan fingerprint density at radius 1 is 0.937 bits per heavy atom. The van der Waals surface area contributed by atoms with E-state index in [9.17, 15) is 37.5 Å². The van der Waals surface area contributed by atoms with Crippen molar-refractivity contribution < 1.29 is 61.2 Å². The molecule has 3 heterocycles. The van der Waals surface area contributed by atoms with Gasteiger partial charge in [0, 0.05) is 31.5 Å². The number of rotatable bonds is 22. The predicted molar refractivity (Wildman–Crippen MR) is 230 cm³/mol. The van der Waals surface area contributed by atoms with E-state index in [0.717, 1.165) is 12.0 Å². The topological polar surface area (TPSA) is 204 Å². The Labute approximate surface area is 371 Å². The van der Waals surface area contributed by atoms with Crippen LogP contribution < -0.4 is 5.32 Å². The van der Waals surface area contributed by atoms with E-state index in [4.69, 9.17) is 23.7 Å². The van der Waals surface area contributed by atoms with Gasteiger partial charge in [-0.2, -0.15) is 4.31 Å². The van der Waals surface area contributed by atoms with Crippen LogP contribution in [0.15, 0.2) is 59.5 Å². The van der Waals surface area contributed by atoms with Crippen molar-refractivity contribution in [1.29, 1.82) is 0 Å². The van der Waals surface area contributed by atoms with Crippen LogP contribution in [-0.4, -0.2) is 122 Å². The van der Waals surface area contributed by atoms with Crippen LogP contribution in [0.1, 0.15) is 97.1 Å². The number of hydrogen-bond acceptors (Lipinski definition) is 13. The summed E-state index contributed by atoms with van der Waals surface area (Å²) in [4.78, 5) is 65.8. The lowest BCUT2D eigenvalue weighted by Gasteiger charge is -2.35. The van der Waals surface area contributed by atoms with E-state index >= 15 is 0 Å². The number of carbonyl (C=O) groups excluding carboxylic acids is 5. The molecule has 2 aromatic carbocycles. The maximum atomic E-state index is 14.1. The molecule has 2 aromatic rings. The van der Waals surface area contributed by atoms with Crippen molar-refractivity contribution in [1.82, 2.24) is 14.5 Å². The van der Waals surface area contributed by atoms with Crippen LogP contribution in [-0.2, 0) is 65.9 Å². The fourth-order valence-electron chi connectivity index (χ4n) is 7.82.